The molecule has 130 valence electrons. The molecule has 0 spiro atoms. The molecule has 2 heterocycles. The zero-order valence-corrected chi connectivity index (χ0v) is 15.6. The fourth-order valence-electron chi connectivity index (χ4n) is 3.22. The summed E-state index contributed by atoms with van der Waals surface area (Å²) in [6.45, 7) is 13.0. The van der Waals surface area contributed by atoms with Crippen LogP contribution in [0.25, 0.3) is 0 Å². The highest BCUT2D eigenvalue weighted by Gasteiger charge is 2.28. The minimum absolute atomic E-state index is 0.00398. The Morgan fingerprint density at radius 3 is 2.65 bits per heavy atom. The molecule has 2 N–H and O–H groups in total. The molecular formula is C17H29N3O2S. The quantitative estimate of drug-likeness (QED) is 0.886. The average Bonchev–Trinajstić information content (AvgIpc) is 2.79. The summed E-state index contributed by atoms with van der Waals surface area (Å²) in [5.74, 6) is 0. The first-order chi connectivity index (χ1) is 10.8. The first kappa shape index (κ1) is 18.2. The van der Waals surface area contributed by atoms with Crippen LogP contribution in [0.4, 0.5) is 4.79 Å². The van der Waals surface area contributed by atoms with Crippen LogP contribution in [-0.4, -0.2) is 59.3 Å². The molecule has 6 heteroatoms. The highest BCUT2D eigenvalue weighted by Crippen LogP contribution is 2.26. The van der Waals surface area contributed by atoms with Gasteiger partial charge in [0.15, 0.2) is 0 Å². The van der Waals surface area contributed by atoms with Crippen LogP contribution in [0.2, 0.25) is 0 Å². The van der Waals surface area contributed by atoms with E-state index < -0.39 is 0 Å². The molecule has 0 aromatic carbocycles. The van der Waals surface area contributed by atoms with Crippen molar-refractivity contribution in [3.05, 3.63) is 21.4 Å². The Balaban J connectivity index is 1.90. The van der Waals surface area contributed by atoms with Crippen molar-refractivity contribution in [1.29, 1.82) is 0 Å². The van der Waals surface area contributed by atoms with Gasteiger partial charge in [0.25, 0.3) is 0 Å². The number of nitrogens with one attached hydrogen (secondary N) is 1. The Kier molecular flexibility index (Phi) is 6.06. The Morgan fingerprint density at radius 2 is 2.13 bits per heavy atom. The van der Waals surface area contributed by atoms with Crippen LogP contribution in [0.3, 0.4) is 0 Å². The highest BCUT2D eigenvalue weighted by atomic mass is 32.1. The third-order valence-electron chi connectivity index (χ3n) is 4.44. The molecule has 1 aliphatic rings. The largest absolute Gasteiger partial charge is 0.392 e. The fraction of sp³-hybridized carbons (Fsp3) is 0.706. The van der Waals surface area contributed by atoms with Crippen molar-refractivity contribution < 1.29 is 9.90 Å². The molecule has 1 fully saturated rings. The number of piperazine rings is 1. The van der Waals surface area contributed by atoms with Gasteiger partial charge in [0.1, 0.15) is 0 Å². The summed E-state index contributed by atoms with van der Waals surface area (Å²) in [4.78, 5) is 19.2. The van der Waals surface area contributed by atoms with Gasteiger partial charge in [-0.05, 0) is 46.2 Å². The Bertz CT molecular complexity index is 544. The number of hydrogen-bond donors (Lipinski definition) is 2. The van der Waals surface area contributed by atoms with Crippen molar-refractivity contribution in [2.45, 2.75) is 52.8 Å². The number of amides is 2. The lowest BCUT2D eigenvalue weighted by Gasteiger charge is -2.40. The molecule has 2 amide bonds. The lowest BCUT2D eigenvalue weighted by atomic mass is 10.1. The second-order valence-corrected chi connectivity index (χ2v) is 8.14. The molecule has 0 aliphatic carbocycles. The number of β-amino-alcohol motifs (C(OH)–C–C–N with tert-alkyl or cyclic N) is 1. The van der Waals surface area contributed by atoms with Gasteiger partial charge < -0.3 is 15.3 Å². The van der Waals surface area contributed by atoms with Gasteiger partial charge in [-0.15, -0.1) is 11.3 Å². The van der Waals surface area contributed by atoms with Crippen LogP contribution in [0, 0.1) is 13.8 Å². The number of nitrogens with zero attached hydrogens (tertiary/aromatic N) is 2. The number of hydrogen-bond acceptors (Lipinski definition) is 4. The van der Waals surface area contributed by atoms with E-state index in [1.54, 1.807) is 18.3 Å². The Morgan fingerprint density at radius 1 is 1.43 bits per heavy atom. The molecule has 2 rings (SSSR count). The van der Waals surface area contributed by atoms with Gasteiger partial charge >= 0.3 is 6.03 Å². The van der Waals surface area contributed by atoms with Crippen LogP contribution >= 0.6 is 11.3 Å². The first-order valence-corrected chi connectivity index (χ1v) is 9.14. The van der Waals surface area contributed by atoms with Crippen LogP contribution in [-0.2, 0) is 0 Å². The maximum absolute atomic E-state index is 12.5. The summed E-state index contributed by atoms with van der Waals surface area (Å²) in [6.07, 6.45) is -0.331. The van der Waals surface area contributed by atoms with E-state index in [0.717, 1.165) is 6.54 Å². The van der Waals surface area contributed by atoms with Gasteiger partial charge in [-0.3, -0.25) is 4.90 Å². The molecule has 1 aliphatic heterocycles. The van der Waals surface area contributed by atoms with Crippen molar-refractivity contribution in [2.75, 3.05) is 26.2 Å². The lowest BCUT2D eigenvalue weighted by molar-refractivity contribution is 0.0562. The van der Waals surface area contributed by atoms with Crippen LogP contribution in [0.15, 0.2) is 6.07 Å². The maximum Gasteiger partial charge on any atom is 0.317 e. The SMILES string of the molecule is Cc1cc(C(C)NC(=O)N2CCN(CC(C)O)C(C)C2)c(C)s1. The topological polar surface area (TPSA) is 55.8 Å². The number of urea groups is 1. The minimum Gasteiger partial charge on any atom is -0.392 e. The Labute approximate surface area is 143 Å². The number of rotatable bonds is 4. The third kappa shape index (κ3) is 4.68. The number of aryl methyl sites for hydroxylation is 2. The van der Waals surface area contributed by atoms with Crippen molar-refractivity contribution in [1.82, 2.24) is 15.1 Å². The van der Waals surface area contributed by atoms with E-state index >= 15 is 0 Å². The minimum atomic E-state index is -0.331. The average molecular weight is 340 g/mol. The van der Waals surface area contributed by atoms with Gasteiger partial charge in [-0.2, -0.15) is 0 Å². The van der Waals surface area contributed by atoms with E-state index in [2.05, 4.69) is 37.1 Å². The molecule has 23 heavy (non-hydrogen) atoms. The molecule has 1 aromatic rings. The predicted octanol–water partition coefficient (Wildman–Crippen LogP) is 2.52. The van der Waals surface area contributed by atoms with E-state index in [-0.39, 0.29) is 24.2 Å². The Hall–Kier alpha value is -1.11. The molecule has 3 unspecified atom stereocenters. The van der Waals surface area contributed by atoms with Crippen molar-refractivity contribution in [3.8, 4) is 0 Å². The summed E-state index contributed by atoms with van der Waals surface area (Å²) >= 11 is 1.77. The van der Waals surface area contributed by atoms with Gasteiger partial charge in [0.05, 0.1) is 12.1 Å². The first-order valence-electron chi connectivity index (χ1n) is 8.32. The van der Waals surface area contributed by atoms with Gasteiger partial charge in [0, 0.05) is 42.0 Å². The lowest BCUT2D eigenvalue weighted by Crippen LogP contribution is -2.57. The standard InChI is InChI=1S/C17H29N3O2S/c1-11-9-20(7-6-19(11)10-12(2)21)17(22)18-14(4)16-8-13(3)23-15(16)5/h8,11-12,14,21H,6-7,9-10H2,1-5H3,(H,18,22). The smallest absolute Gasteiger partial charge is 0.317 e. The predicted molar refractivity (Wildman–Crippen MR) is 95.0 cm³/mol. The molecule has 0 bridgehead atoms. The van der Waals surface area contributed by atoms with Crippen LogP contribution in [0.1, 0.15) is 42.1 Å². The molecular weight excluding hydrogens is 310 g/mol. The number of aliphatic hydroxyl groups is 1. The summed E-state index contributed by atoms with van der Waals surface area (Å²) < 4.78 is 0. The normalized spacial score (nSPS) is 22.0. The molecule has 0 saturated carbocycles. The van der Waals surface area contributed by atoms with Crippen molar-refractivity contribution in [2.24, 2.45) is 0 Å². The van der Waals surface area contributed by atoms with E-state index in [1.807, 2.05) is 11.8 Å². The monoisotopic (exact) mass is 339 g/mol. The van der Waals surface area contributed by atoms with E-state index in [9.17, 15) is 9.90 Å². The second kappa shape index (κ2) is 7.64. The fourth-order valence-corrected chi connectivity index (χ4v) is 4.25. The highest BCUT2D eigenvalue weighted by molar-refractivity contribution is 7.12. The zero-order valence-electron chi connectivity index (χ0n) is 14.8. The van der Waals surface area contributed by atoms with Gasteiger partial charge in [-0.1, -0.05) is 0 Å². The number of carbonyl (C=O) groups excluding carboxylic acids is 1. The molecule has 1 aromatic heterocycles. The summed E-state index contributed by atoms with van der Waals surface area (Å²) in [5, 5.41) is 12.7. The maximum atomic E-state index is 12.5. The number of carbonyl (C=O) groups is 1. The van der Waals surface area contributed by atoms with Crippen LogP contribution < -0.4 is 5.32 Å². The third-order valence-corrected chi connectivity index (χ3v) is 5.42. The van der Waals surface area contributed by atoms with Crippen molar-refractivity contribution >= 4 is 17.4 Å². The zero-order chi connectivity index (χ0) is 17.1. The van der Waals surface area contributed by atoms with Crippen LogP contribution in [0.5, 0.6) is 0 Å². The van der Waals surface area contributed by atoms with Gasteiger partial charge in [0.2, 0.25) is 0 Å². The number of thiophene rings is 1. The van der Waals surface area contributed by atoms with E-state index in [1.165, 1.54) is 15.3 Å². The number of aliphatic hydroxyl groups excluding tert-OH is 1. The van der Waals surface area contributed by atoms with Gasteiger partial charge in [-0.25, -0.2) is 4.79 Å². The van der Waals surface area contributed by atoms with Crippen molar-refractivity contribution in [3.63, 3.8) is 0 Å². The summed E-state index contributed by atoms with van der Waals surface area (Å²) in [5.41, 5.74) is 1.21. The molecule has 5 nitrogen and oxygen atoms in total. The van der Waals surface area contributed by atoms with E-state index in [0.29, 0.717) is 19.6 Å². The molecule has 0 radical (unpaired) electrons. The summed E-state index contributed by atoms with van der Waals surface area (Å²) in [7, 11) is 0. The molecule has 3 atom stereocenters. The molecule has 1 saturated heterocycles. The second-order valence-electron chi connectivity index (χ2n) is 6.68. The summed E-state index contributed by atoms with van der Waals surface area (Å²) in [6, 6.07) is 2.46. The van der Waals surface area contributed by atoms with E-state index in [4.69, 9.17) is 0 Å².